The number of esters is 3. The average Bonchev–Trinajstić information content (AvgIpc) is 3.28. The molecule has 1 saturated heterocycles. The van der Waals surface area contributed by atoms with E-state index in [2.05, 4.69) is 27.8 Å². The summed E-state index contributed by atoms with van der Waals surface area (Å²) in [6, 6.07) is 1.73. The highest BCUT2D eigenvalue weighted by molar-refractivity contribution is 9.09. The van der Waals surface area contributed by atoms with Crippen LogP contribution in [0.25, 0.3) is 0 Å². The van der Waals surface area contributed by atoms with Crippen molar-refractivity contribution in [2.75, 3.05) is 12.4 Å². The number of cyclic esters (lactones) is 1. The van der Waals surface area contributed by atoms with E-state index in [0.29, 0.717) is 30.6 Å². The van der Waals surface area contributed by atoms with Crippen LogP contribution in [0.3, 0.4) is 0 Å². The van der Waals surface area contributed by atoms with Gasteiger partial charge in [-0.1, -0.05) is 35.7 Å². The monoisotopic (exact) mass is 548 g/mol. The molecule has 3 aliphatic rings. The molecular weight excluding hydrogens is 520 g/mol. The van der Waals surface area contributed by atoms with Crippen LogP contribution in [0.5, 0.6) is 0 Å². The molecule has 1 aromatic heterocycles. The second-order valence-electron chi connectivity index (χ2n) is 10.1. The minimum absolute atomic E-state index is 0.0594. The second kappa shape index (κ2) is 9.45. The van der Waals surface area contributed by atoms with E-state index in [9.17, 15) is 19.2 Å². The molecule has 0 unspecified atom stereocenters. The van der Waals surface area contributed by atoms with Gasteiger partial charge in [0.05, 0.1) is 25.2 Å². The maximum atomic E-state index is 14.0. The van der Waals surface area contributed by atoms with Crippen LogP contribution >= 0.6 is 15.9 Å². The molecule has 0 radical (unpaired) electrons. The summed E-state index contributed by atoms with van der Waals surface area (Å²) in [6.07, 6.45) is 1.11. The summed E-state index contributed by atoms with van der Waals surface area (Å²) < 4.78 is 21.9. The third kappa shape index (κ3) is 4.10. The summed E-state index contributed by atoms with van der Waals surface area (Å²) in [7, 11) is 1.31. The molecule has 1 aromatic rings. The molecular formula is C26H29BrO8. The third-order valence-electron chi connectivity index (χ3n) is 8.25. The highest BCUT2D eigenvalue weighted by Gasteiger charge is 2.68. The molecule has 8 nitrogen and oxygen atoms in total. The number of ether oxygens (including phenoxy) is 3. The Balaban J connectivity index is 1.79. The van der Waals surface area contributed by atoms with Crippen molar-refractivity contribution < 1.29 is 37.8 Å². The van der Waals surface area contributed by atoms with E-state index in [-0.39, 0.29) is 23.5 Å². The van der Waals surface area contributed by atoms with Crippen LogP contribution in [0.1, 0.15) is 63.9 Å². The fourth-order valence-corrected chi connectivity index (χ4v) is 6.90. The Kier molecular flexibility index (Phi) is 6.89. The number of methoxy groups -OCH3 is 1. The van der Waals surface area contributed by atoms with Gasteiger partial charge in [0.2, 0.25) is 0 Å². The Morgan fingerprint density at radius 1 is 1.26 bits per heavy atom. The zero-order valence-electron chi connectivity index (χ0n) is 20.2. The predicted octanol–water partition coefficient (Wildman–Crippen LogP) is 3.75. The van der Waals surface area contributed by atoms with Crippen LogP contribution in [-0.4, -0.2) is 42.2 Å². The number of Topliss-reactive ketones (excluding diaryl/α,β-unsaturated/α-hetero) is 1. The van der Waals surface area contributed by atoms with Gasteiger partial charge in [-0.15, -0.1) is 0 Å². The molecule has 0 N–H and O–H groups in total. The van der Waals surface area contributed by atoms with Crippen LogP contribution in [0.4, 0.5) is 0 Å². The van der Waals surface area contributed by atoms with Crippen molar-refractivity contribution in [3.05, 3.63) is 23.7 Å². The molecule has 35 heavy (non-hydrogen) atoms. The standard InChI is InChI=1S/C26H29BrO8/c1-5-6-17-14(8-10-33-17)19-12-26(3)15(24(31)35-19)7-9-25(2)16(23(30)32-4)11-18(21(29)22(25)26)34-20(28)13-27/h8,10,15-16,18-19,22H,7,9,11-13H2,1-4H3/t15-,16-,18-,19-,22-,25-,26-/m0/s1. The molecule has 2 heterocycles. The van der Waals surface area contributed by atoms with Crippen molar-refractivity contribution >= 4 is 39.6 Å². The van der Waals surface area contributed by atoms with Gasteiger partial charge in [-0.05, 0) is 49.0 Å². The normalized spacial score (nSPS) is 36.1. The van der Waals surface area contributed by atoms with Crippen molar-refractivity contribution in [2.24, 2.45) is 28.6 Å². The topological polar surface area (TPSA) is 109 Å². The Morgan fingerprint density at radius 3 is 2.66 bits per heavy atom. The SMILES string of the molecule is CC#Cc1occc1[C@@H]1C[C@]2(C)[C@H]3C(=O)[C@@H](OC(=O)CBr)C[C@@H](C(=O)OC)[C@]3(C)CC[C@H]2C(=O)O1. The van der Waals surface area contributed by atoms with Crippen LogP contribution in [0.2, 0.25) is 0 Å². The molecule has 0 spiro atoms. The van der Waals surface area contributed by atoms with Gasteiger partial charge in [0.25, 0.3) is 0 Å². The molecule has 0 bridgehead atoms. The maximum absolute atomic E-state index is 14.0. The smallest absolute Gasteiger partial charge is 0.317 e. The van der Waals surface area contributed by atoms with E-state index in [1.807, 2.05) is 13.8 Å². The molecule has 3 fully saturated rings. The Hall–Kier alpha value is -2.60. The number of hydrogen-bond donors (Lipinski definition) is 0. The van der Waals surface area contributed by atoms with E-state index in [4.69, 9.17) is 18.6 Å². The number of rotatable bonds is 4. The average molecular weight is 549 g/mol. The van der Waals surface area contributed by atoms with Crippen molar-refractivity contribution in [1.29, 1.82) is 0 Å². The van der Waals surface area contributed by atoms with Gasteiger partial charge < -0.3 is 18.6 Å². The fourth-order valence-electron chi connectivity index (χ4n) is 6.77. The number of ketones is 1. The lowest BCUT2D eigenvalue weighted by molar-refractivity contribution is -0.210. The quantitative estimate of drug-likeness (QED) is 0.242. The molecule has 0 aromatic carbocycles. The maximum Gasteiger partial charge on any atom is 0.317 e. The molecule has 2 saturated carbocycles. The van der Waals surface area contributed by atoms with Crippen LogP contribution < -0.4 is 0 Å². The Bertz CT molecular complexity index is 1110. The summed E-state index contributed by atoms with van der Waals surface area (Å²) in [4.78, 5) is 52.3. The van der Waals surface area contributed by atoms with Crippen molar-refractivity contribution in [3.8, 4) is 11.8 Å². The van der Waals surface area contributed by atoms with Gasteiger partial charge in [0.1, 0.15) is 11.4 Å². The summed E-state index contributed by atoms with van der Waals surface area (Å²) in [5.41, 5.74) is -0.962. The number of furan rings is 1. The summed E-state index contributed by atoms with van der Waals surface area (Å²) in [5.74, 6) is 2.51. The lowest BCUT2D eigenvalue weighted by atomic mass is 9.43. The zero-order chi connectivity index (χ0) is 25.5. The van der Waals surface area contributed by atoms with E-state index < -0.39 is 52.7 Å². The lowest BCUT2D eigenvalue weighted by Gasteiger charge is -2.61. The molecule has 7 atom stereocenters. The van der Waals surface area contributed by atoms with Gasteiger partial charge in [-0.25, -0.2) is 0 Å². The third-order valence-corrected chi connectivity index (χ3v) is 8.71. The number of carbonyl (C=O) groups excluding carboxylic acids is 4. The number of alkyl halides is 1. The van der Waals surface area contributed by atoms with E-state index in [1.165, 1.54) is 13.4 Å². The van der Waals surface area contributed by atoms with Crippen molar-refractivity contribution in [3.63, 3.8) is 0 Å². The molecule has 4 rings (SSSR count). The van der Waals surface area contributed by atoms with Gasteiger partial charge in [0, 0.05) is 17.9 Å². The fraction of sp³-hybridized carbons (Fsp3) is 0.615. The van der Waals surface area contributed by atoms with Crippen LogP contribution in [0.15, 0.2) is 16.7 Å². The number of fused-ring (bicyclic) bond motifs is 3. The van der Waals surface area contributed by atoms with E-state index >= 15 is 0 Å². The second-order valence-corrected chi connectivity index (χ2v) is 10.6. The Labute approximate surface area is 212 Å². The number of halogens is 1. The van der Waals surface area contributed by atoms with E-state index in [1.54, 1.807) is 13.0 Å². The van der Waals surface area contributed by atoms with Crippen LogP contribution in [0, 0.1) is 40.4 Å². The largest absolute Gasteiger partial charge is 0.469 e. The Morgan fingerprint density at radius 2 is 2.00 bits per heavy atom. The summed E-state index contributed by atoms with van der Waals surface area (Å²) in [6.45, 7) is 5.52. The summed E-state index contributed by atoms with van der Waals surface area (Å²) >= 11 is 3.06. The van der Waals surface area contributed by atoms with E-state index in [0.717, 1.165) is 0 Å². The molecule has 9 heteroatoms. The van der Waals surface area contributed by atoms with Crippen LogP contribution in [-0.2, 0) is 33.4 Å². The van der Waals surface area contributed by atoms with Gasteiger partial charge in [0.15, 0.2) is 17.6 Å². The molecule has 0 amide bonds. The highest BCUT2D eigenvalue weighted by Crippen LogP contribution is 2.65. The summed E-state index contributed by atoms with van der Waals surface area (Å²) in [5, 5.41) is -0.0718. The highest BCUT2D eigenvalue weighted by atomic mass is 79.9. The van der Waals surface area contributed by atoms with Gasteiger partial charge in [-0.2, -0.15) is 0 Å². The first-order valence-electron chi connectivity index (χ1n) is 11.7. The minimum atomic E-state index is -1.09. The minimum Gasteiger partial charge on any atom is -0.469 e. The van der Waals surface area contributed by atoms with Gasteiger partial charge >= 0.3 is 17.9 Å². The first kappa shape index (κ1) is 25.5. The van der Waals surface area contributed by atoms with Crippen molar-refractivity contribution in [1.82, 2.24) is 0 Å². The van der Waals surface area contributed by atoms with Gasteiger partial charge in [-0.3, -0.25) is 19.2 Å². The molecule has 2 aliphatic carbocycles. The lowest BCUT2D eigenvalue weighted by Crippen LogP contribution is -2.64. The first-order valence-corrected chi connectivity index (χ1v) is 12.8. The molecule has 1 aliphatic heterocycles. The zero-order valence-corrected chi connectivity index (χ0v) is 21.8. The predicted molar refractivity (Wildman–Crippen MR) is 126 cm³/mol. The number of carbonyl (C=O) groups is 4. The molecule has 188 valence electrons. The van der Waals surface area contributed by atoms with Crippen molar-refractivity contribution in [2.45, 2.75) is 58.7 Å². The number of hydrogen-bond acceptors (Lipinski definition) is 8. The first-order chi connectivity index (χ1) is 16.6.